The average Bonchev–Trinajstić information content (AvgIpc) is 2.85. The predicted molar refractivity (Wildman–Crippen MR) is 123 cm³/mol. The van der Waals surface area contributed by atoms with Gasteiger partial charge in [-0.3, -0.25) is 14.4 Å². The fraction of sp³-hybridized carbons (Fsp3) is 0.0417. The highest BCUT2D eigenvalue weighted by Crippen LogP contribution is 2.20. The number of phenols is 1. The van der Waals surface area contributed by atoms with Crippen molar-refractivity contribution < 1.29 is 14.7 Å². The van der Waals surface area contributed by atoms with Crippen molar-refractivity contribution in [2.45, 2.75) is 6.04 Å². The van der Waals surface area contributed by atoms with Crippen molar-refractivity contribution in [2.75, 3.05) is 0 Å². The van der Waals surface area contributed by atoms with Crippen molar-refractivity contribution in [1.82, 2.24) is 20.9 Å². The summed E-state index contributed by atoms with van der Waals surface area (Å²) in [5.74, 6) is -1.04. The molecule has 0 aliphatic heterocycles. The van der Waals surface area contributed by atoms with Crippen LogP contribution >= 0.6 is 0 Å². The molecular weight excluding hydrogens is 422 g/mol. The number of hydrogen-bond acceptors (Lipinski definition) is 6. The van der Waals surface area contributed by atoms with E-state index < -0.39 is 23.4 Å². The number of aromatic nitrogens is 2. The summed E-state index contributed by atoms with van der Waals surface area (Å²) in [5.41, 5.74) is 3.17. The van der Waals surface area contributed by atoms with Gasteiger partial charge in [0.25, 0.3) is 17.4 Å². The first-order valence-corrected chi connectivity index (χ1v) is 9.98. The first-order valence-electron chi connectivity index (χ1n) is 9.98. The topological polar surface area (TPSA) is 137 Å². The molecule has 1 aromatic heterocycles. The molecule has 1 unspecified atom stereocenters. The van der Waals surface area contributed by atoms with Crippen LogP contribution in [0.3, 0.4) is 0 Å². The maximum Gasteiger partial charge on any atom is 0.272 e. The van der Waals surface area contributed by atoms with Crippen LogP contribution in [0.15, 0.2) is 88.8 Å². The molecule has 4 rings (SSSR count). The van der Waals surface area contributed by atoms with Crippen LogP contribution in [-0.4, -0.2) is 33.3 Å². The van der Waals surface area contributed by atoms with E-state index in [9.17, 15) is 19.5 Å². The number of nitrogens with one attached hydrogen (secondary N) is 3. The van der Waals surface area contributed by atoms with Gasteiger partial charge in [0, 0.05) is 10.9 Å². The molecule has 9 nitrogen and oxygen atoms in total. The molecule has 0 saturated heterocycles. The molecule has 0 bridgehead atoms. The Hall–Kier alpha value is -4.79. The van der Waals surface area contributed by atoms with Gasteiger partial charge < -0.3 is 10.4 Å². The van der Waals surface area contributed by atoms with Crippen molar-refractivity contribution in [3.63, 3.8) is 0 Å². The summed E-state index contributed by atoms with van der Waals surface area (Å²) in [6, 6.07) is 20.1. The largest absolute Gasteiger partial charge is 0.508 e. The maximum absolute atomic E-state index is 13.1. The van der Waals surface area contributed by atoms with Gasteiger partial charge in [-0.1, -0.05) is 36.4 Å². The third-order valence-electron chi connectivity index (χ3n) is 4.85. The Labute approximate surface area is 187 Å². The monoisotopic (exact) mass is 441 g/mol. The molecule has 2 amide bonds. The van der Waals surface area contributed by atoms with Crippen molar-refractivity contribution in [3.05, 3.63) is 106 Å². The second kappa shape index (κ2) is 9.56. The Morgan fingerprint density at radius 1 is 0.939 bits per heavy atom. The first kappa shape index (κ1) is 21.4. The van der Waals surface area contributed by atoms with Crippen LogP contribution in [0.5, 0.6) is 5.75 Å². The highest BCUT2D eigenvalue weighted by atomic mass is 16.3. The SMILES string of the molecule is O=C(NC(C(=O)NN=Cc1ccc(O)cc1)c1n[nH]c(=O)c2ccccc12)c1ccccc1. The van der Waals surface area contributed by atoms with E-state index in [0.717, 1.165) is 0 Å². The molecule has 4 aromatic rings. The number of hydrazone groups is 1. The lowest BCUT2D eigenvalue weighted by Crippen LogP contribution is -2.40. The van der Waals surface area contributed by atoms with Crippen LogP contribution < -0.4 is 16.3 Å². The standard InChI is InChI=1S/C24H19N5O4/c30-17-12-10-15(11-13-17)14-25-28-24(33)21(26-22(31)16-6-2-1-3-7-16)20-18-8-4-5-9-19(18)23(32)29-27-20/h1-14,21,30H,(H,26,31)(H,28,33)(H,29,32). The van der Waals surface area contributed by atoms with Crippen LogP contribution in [0.4, 0.5) is 0 Å². The quantitative estimate of drug-likeness (QED) is 0.269. The number of fused-ring (bicyclic) bond motifs is 1. The Morgan fingerprint density at radius 3 is 2.33 bits per heavy atom. The van der Waals surface area contributed by atoms with E-state index in [4.69, 9.17) is 0 Å². The average molecular weight is 441 g/mol. The molecule has 0 fully saturated rings. The zero-order valence-electron chi connectivity index (χ0n) is 17.2. The van der Waals surface area contributed by atoms with Crippen LogP contribution in [0.1, 0.15) is 27.7 Å². The fourth-order valence-corrected chi connectivity index (χ4v) is 3.21. The summed E-state index contributed by atoms with van der Waals surface area (Å²) in [6.07, 6.45) is 1.39. The zero-order chi connectivity index (χ0) is 23.2. The van der Waals surface area contributed by atoms with E-state index in [2.05, 4.69) is 26.0 Å². The number of amides is 2. The number of aromatic hydroxyl groups is 1. The van der Waals surface area contributed by atoms with Gasteiger partial charge in [0.1, 0.15) is 11.4 Å². The molecule has 9 heteroatoms. The number of carbonyl (C=O) groups excluding carboxylic acids is 2. The highest BCUT2D eigenvalue weighted by Gasteiger charge is 2.27. The summed E-state index contributed by atoms with van der Waals surface area (Å²) in [5, 5.41) is 23.2. The van der Waals surface area contributed by atoms with Crippen LogP contribution in [0.25, 0.3) is 10.8 Å². The molecule has 0 radical (unpaired) electrons. The van der Waals surface area contributed by atoms with E-state index in [0.29, 0.717) is 21.9 Å². The van der Waals surface area contributed by atoms with Crippen molar-refractivity contribution in [1.29, 1.82) is 0 Å². The second-order valence-corrected chi connectivity index (χ2v) is 7.08. The molecule has 1 heterocycles. The molecule has 0 aliphatic carbocycles. The molecule has 0 saturated carbocycles. The summed E-state index contributed by atoms with van der Waals surface area (Å²) in [4.78, 5) is 38.1. The zero-order valence-corrected chi connectivity index (χ0v) is 17.2. The lowest BCUT2D eigenvalue weighted by Gasteiger charge is -2.18. The molecule has 1 atom stereocenters. The van der Waals surface area contributed by atoms with Gasteiger partial charge in [-0.2, -0.15) is 10.2 Å². The Balaban J connectivity index is 1.66. The number of phenolic OH excluding ortho intramolecular Hbond substituents is 1. The number of benzene rings is 3. The summed E-state index contributed by atoms with van der Waals surface area (Å²) in [7, 11) is 0. The number of aromatic amines is 1. The minimum absolute atomic E-state index is 0.107. The predicted octanol–water partition coefficient (Wildman–Crippen LogP) is 2.25. The number of hydrogen-bond donors (Lipinski definition) is 4. The molecule has 0 aliphatic rings. The molecule has 3 aromatic carbocycles. The highest BCUT2D eigenvalue weighted by molar-refractivity contribution is 5.99. The third-order valence-corrected chi connectivity index (χ3v) is 4.85. The van der Waals surface area contributed by atoms with Gasteiger partial charge in [-0.15, -0.1) is 0 Å². The first-order chi connectivity index (χ1) is 16.0. The summed E-state index contributed by atoms with van der Waals surface area (Å²) >= 11 is 0. The van der Waals surface area contributed by atoms with Crippen molar-refractivity contribution in [2.24, 2.45) is 5.10 Å². The van der Waals surface area contributed by atoms with Gasteiger partial charge in [-0.25, -0.2) is 10.5 Å². The maximum atomic E-state index is 13.1. The lowest BCUT2D eigenvalue weighted by molar-refractivity contribution is -0.123. The number of nitrogens with zero attached hydrogens (tertiary/aromatic N) is 2. The third kappa shape index (κ3) is 4.93. The molecule has 164 valence electrons. The van der Waals surface area contributed by atoms with Crippen molar-refractivity contribution in [3.8, 4) is 5.75 Å². The number of carbonyl (C=O) groups is 2. The van der Waals surface area contributed by atoms with Crippen LogP contribution in [0.2, 0.25) is 0 Å². The normalized spacial score (nSPS) is 11.9. The van der Waals surface area contributed by atoms with Gasteiger partial charge >= 0.3 is 0 Å². The minimum atomic E-state index is -1.24. The van der Waals surface area contributed by atoms with Gasteiger partial charge in [-0.05, 0) is 48.0 Å². The molecule has 0 spiro atoms. The molecule has 33 heavy (non-hydrogen) atoms. The lowest BCUT2D eigenvalue weighted by atomic mass is 10.0. The van der Waals surface area contributed by atoms with E-state index in [1.54, 1.807) is 66.7 Å². The minimum Gasteiger partial charge on any atom is -0.508 e. The van der Waals surface area contributed by atoms with Gasteiger partial charge in [0.2, 0.25) is 0 Å². The number of rotatable bonds is 6. The van der Waals surface area contributed by atoms with Crippen LogP contribution in [0, 0.1) is 0 Å². The second-order valence-electron chi connectivity index (χ2n) is 7.08. The number of H-pyrrole nitrogens is 1. The van der Waals surface area contributed by atoms with Crippen LogP contribution in [-0.2, 0) is 4.79 Å². The molecular formula is C24H19N5O4. The van der Waals surface area contributed by atoms with E-state index >= 15 is 0 Å². The van der Waals surface area contributed by atoms with Gasteiger partial charge in [0.15, 0.2) is 6.04 Å². The van der Waals surface area contributed by atoms with Crippen molar-refractivity contribution >= 4 is 28.8 Å². The van der Waals surface area contributed by atoms with E-state index in [1.165, 1.54) is 18.3 Å². The van der Waals surface area contributed by atoms with E-state index in [1.807, 2.05) is 0 Å². The summed E-state index contributed by atoms with van der Waals surface area (Å²) < 4.78 is 0. The van der Waals surface area contributed by atoms with Gasteiger partial charge in [0.05, 0.1) is 11.6 Å². The smallest absolute Gasteiger partial charge is 0.272 e. The Morgan fingerprint density at radius 2 is 1.61 bits per heavy atom. The van der Waals surface area contributed by atoms with E-state index in [-0.39, 0.29) is 11.4 Å². The Kier molecular flexibility index (Phi) is 6.21. The Bertz CT molecular complexity index is 1380. The molecule has 4 N–H and O–H groups in total. The fourth-order valence-electron chi connectivity index (χ4n) is 3.21. The summed E-state index contributed by atoms with van der Waals surface area (Å²) in [6.45, 7) is 0.